The van der Waals surface area contributed by atoms with E-state index in [-0.39, 0.29) is 22.7 Å². The molecule has 3 amide bonds. The Kier molecular flexibility index (Phi) is 5.65. The van der Waals surface area contributed by atoms with Gasteiger partial charge in [-0.25, -0.2) is 4.79 Å². The Bertz CT molecular complexity index is 714. The van der Waals surface area contributed by atoms with Crippen molar-refractivity contribution < 1.29 is 13.8 Å². The van der Waals surface area contributed by atoms with Gasteiger partial charge in [0.1, 0.15) is 0 Å². The van der Waals surface area contributed by atoms with Crippen molar-refractivity contribution in [1.82, 2.24) is 10.2 Å². The van der Waals surface area contributed by atoms with E-state index in [0.29, 0.717) is 30.1 Å². The summed E-state index contributed by atoms with van der Waals surface area (Å²) in [5.74, 6) is 0.453. The first-order valence-electron chi connectivity index (χ1n) is 9.33. The summed E-state index contributed by atoms with van der Waals surface area (Å²) in [4.78, 5) is 26.6. The van der Waals surface area contributed by atoms with Crippen molar-refractivity contribution >= 4 is 28.4 Å². The zero-order valence-corrected chi connectivity index (χ0v) is 16.2. The second-order valence-electron chi connectivity index (χ2n) is 7.12. The minimum absolute atomic E-state index is 0.0702. The number of carbonyl (C=O) groups excluding carboxylic acids is 2. The van der Waals surface area contributed by atoms with E-state index in [2.05, 4.69) is 10.6 Å². The van der Waals surface area contributed by atoms with Crippen LogP contribution in [0.3, 0.4) is 0 Å². The lowest BCUT2D eigenvalue weighted by Crippen LogP contribution is -2.54. The average molecular weight is 378 g/mol. The van der Waals surface area contributed by atoms with Crippen LogP contribution in [0.2, 0.25) is 0 Å². The monoisotopic (exact) mass is 377 g/mol. The van der Waals surface area contributed by atoms with Gasteiger partial charge in [0, 0.05) is 46.9 Å². The van der Waals surface area contributed by atoms with Gasteiger partial charge in [-0.3, -0.25) is 9.00 Å². The number of benzene rings is 1. The summed E-state index contributed by atoms with van der Waals surface area (Å²) in [7, 11) is -0.902. The number of hydrogen-bond donors (Lipinski definition) is 2. The summed E-state index contributed by atoms with van der Waals surface area (Å²) < 4.78 is 12.2. The molecule has 2 N–H and O–H groups in total. The Balaban J connectivity index is 1.70. The van der Waals surface area contributed by atoms with Gasteiger partial charge in [-0.15, -0.1) is 0 Å². The first kappa shape index (κ1) is 18.9. The highest BCUT2D eigenvalue weighted by atomic mass is 32.2. The minimum atomic E-state index is -0.902. The molecule has 1 saturated heterocycles. The van der Waals surface area contributed by atoms with Gasteiger partial charge in [0.25, 0.3) is 5.91 Å². The third kappa shape index (κ3) is 4.09. The van der Waals surface area contributed by atoms with Crippen LogP contribution in [0.1, 0.15) is 49.9 Å². The van der Waals surface area contributed by atoms with Crippen molar-refractivity contribution in [2.45, 2.75) is 50.3 Å². The van der Waals surface area contributed by atoms with E-state index in [1.165, 1.54) is 0 Å². The molecule has 0 spiro atoms. The molecule has 0 bridgehead atoms. The van der Waals surface area contributed by atoms with Gasteiger partial charge in [-0.2, -0.15) is 0 Å². The maximum atomic E-state index is 13.0. The van der Waals surface area contributed by atoms with E-state index >= 15 is 0 Å². The largest absolute Gasteiger partial charge is 0.336 e. The second kappa shape index (κ2) is 7.78. The number of anilines is 1. The molecule has 1 atom stereocenters. The highest BCUT2D eigenvalue weighted by Gasteiger charge is 2.40. The summed E-state index contributed by atoms with van der Waals surface area (Å²) in [6, 6.07) is 7.06. The third-order valence-electron chi connectivity index (χ3n) is 5.36. The van der Waals surface area contributed by atoms with Crippen LogP contribution in [-0.2, 0) is 10.8 Å². The number of nitrogens with one attached hydrogen (secondary N) is 2. The van der Waals surface area contributed by atoms with Crippen molar-refractivity contribution in [3.05, 3.63) is 29.8 Å². The molecule has 0 unspecified atom stereocenters. The Morgan fingerprint density at radius 3 is 2.65 bits per heavy atom. The van der Waals surface area contributed by atoms with Crippen LogP contribution in [0.5, 0.6) is 0 Å². The molecular weight excluding hydrogens is 350 g/mol. The number of carbonyl (C=O) groups is 2. The highest BCUT2D eigenvalue weighted by Crippen LogP contribution is 2.29. The van der Waals surface area contributed by atoms with Gasteiger partial charge in [0.15, 0.2) is 0 Å². The van der Waals surface area contributed by atoms with E-state index in [4.69, 9.17) is 0 Å². The van der Waals surface area contributed by atoms with E-state index < -0.39 is 10.8 Å². The topological polar surface area (TPSA) is 78.5 Å². The van der Waals surface area contributed by atoms with E-state index in [9.17, 15) is 13.8 Å². The molecule has 1 aromatic carbocycles. The fourth-order valence-electron chi connectivity index (χ4n) is 3.37. The molecule has 26 heavy (non-hydrogen) atoms. The lowest BCUT2D eigenvalue weighted by atomic mass is 10.0. The number of hydrogen-bond acceptors (Lipinski definition) is 3. The molecular formula is C19H27N3O3S. The summed E-state index contributed by atoms with van der Waals surface area (Å²) in [5.41, 5.74) is 1.15. The van der Waals surface area contributed by atoms with E-state index in [0.717, 1.165) is 25.7 Å². The predicted octanol–water partition coefficient (Wildman–Crippen LogP) is 2.73. The second-order valence-corrected chi connectivity index (χ2v) is 9.09. The molecule has 0 radical (unpaired) electrons. The Labute approximate surface area is 157 Å². The number of rotatable bonds is 5. The standard InChI is InChI=1S/C19H27N3O3S/c1-3-19(4-2)13-22(10-11-26(19)25)17(23)14-6-5-7-16(12-14)21-18(24)20-15-8-9-15/h5-7,12,15H,3-4,8-11,13H2,1-2H3,(H2,20,21,24)/t26-/m1/s1. The summed E-state index contributed by atoms with van der Waals surface area (Å²) in [6.07, 6.45) is 3.64. The quantitative estimate of drug-likeness (QED) is 0.828. The zero-order valence-electron chi connectivity index (χ0n) is 15.4. The molecule has 1 aliphatic heterocycles. The fraction of sp³-hybridized carbons (Fsp3) is 0.579. The summed E-state index contributed by atoms with van der Waals surface area (Å²) >= 11 is 0. The van der Waals surface area contributed by atoms with Crippen LogP contribution in [0.15, 0.2) is 24.3 Å². The molecule has 2 fully saturated rings. The number of amides is 3. The van der Waals surface area contributed by atoms with Gasteiger partial charge in [-0.05, 0) is 43.9 Å². The molecule has 1 saturated carbocycles. The normalized spacial score (nSPS) is 21.9. The lowest BCUT2D eigenvalue weighted by Gasteiger charge is -2.41. The van der Waals surface area contributed by atoms with Crippen LogP contribution >= 0.6 is 0 Å². The zero-order chi connectivity index (χ0) is 18.7. The Morgan fingerprint density at radius 2 is 2.00 bits per heavy atom. The third-order valence-corrected chi connectivity index (χ3v) is 7.59. The molecule has 1 aromatic rings. The SMILES string of the molecule is CCC1(CC)CN(C(=O)c2cccc(NC(=O)NC3CC3)c2)CC[S@]1=O. The van der Waals surface area contributed by atoms with Crippen molar-refractivity contribution in [3.8, 4) is 0 Å². The molecule has 1 heterocycles. The predicted molar refractivity (Wildman–Crippen MR) is 104 cm³/mol. The van der Waals surface area contributed by atoms with Gasteiger partial charge >= 0.3 is 6.03 Å². The molecule has 0 aromatic heterocycles. The maximum Gasteiger partial charge on any atom is 0.319 e. The van der Waals surface area contributed by atoms with Gasteiger partial charge in [0.2, 0.25) is 0 Å². The molecule has 7 heteroatoms. The Hall–Kier alpha value is -1.89. The molecule has 1 aliphatic carbocycles. The van der Waals surface area contributed by atoms with E-state index in [1.807, 2.05) is 13.8 Å². The number of nitrogens with zero attached hydrogens (tertiary/aromatic N) is 1. The minimum Gasteiger partial charge on any atom is -0.336 e. The highest BCUT2D eigenvalue weighted by molar-refractivity contribution is 7.86. The fourth-order valence-corrected chi connectivity index (χ4v) is 5.13. The molecule has 2 aliphatic rings. The van der Waals surface area contributed by atoms with Crippen molar-refractivity contribution in [2.75, 3.05) is 24.2 Å². The van der Waals surface area contributed by atoms with Crippen LogP contribution in [0, 0.1) is 0 Å². The maximum absolute atomic E-state index is 13.0. The lowest BCUT2D eigenvalue weighted by molar-refractivity contribution is 0.0736. The Morgan fingerprint density at radius 1 is 1.27 bits per heavy atom. The van der Waals surface area contributed by atoms with Crippen LogP contribution in [0.25, 0.3) is 0 Å². The van der Waals surface area contributed by atoms with Crippen molar-refractivity contribution in [1.29, 1.82) is 0 Å². The summed E-state index contributed by atoms with van der Waals surface area (Å²) in [5, 5.41) is 5.65. The molecule has 6 nitrogen and oxygen atoms in total. The van der Waals surface area contributed by atoms with Crippen LogP contribution < -0.4 is 10.6 Å². The molecule has 142 valence electrons. The summed E-state index contributed by atoms with van der Waals surface area (Å²) in [6.45, 7) is 5.11. The van der Waals surface area contributed by atoms with Crippen molar-refractivity contribution in [3.63, 3.8) is 0 Å². The van der Waals surface area contributed by atoms with E-state index in [1.54, 1.807) is 29.2 Å². The molecule has 3 rings (SSSR count). The number of urea groups is 1. The van der Waals surface area contributed by atoms with Gasteiger partial charge in [-0.1, -0.05) is 19.9 Å². The van der Waals surface area contributed by atoms with Gasteiger partial charge in [0.05, 0.1) is 4.75 Å². The first-order chi connectivity index (χ1) is 12.5. The van der Waals surface area contributed by atoms with Crippen LogP contribution in [-0.4, -0.2) is 50.7 Å². The van der Waals surface area contributed by atoms with Crippen LogP contribution in [0.4, 0.5) is 10.5 Å². The van der Waals surface area contributed by atoms with Crippen molar-refractivity contribution in [2.24, 2.45) is 0 Å². The average Bonchev–Trinajstić information content (AvgIpc) is 3.46. The first-order valence-corrected chi connectivity index (χ1v) is 10.6. The smallest absolute Gasteiger partial charge is 0.319 e. The van der Waals surface area contributed by atoms with Gasteiger partial charge < -0.3 is 15.5 Å².